The molecule has 1 unspecified atom stereocenters. The van der Waals surface area contributed by atoms with Crippen molar-refractivity contribution in [3.05, 3.63) is 22.7 Å². The minimum absolute atomic E-state index is 0.125. The predicted octanol–water partition coefficient (Wildman–Crippen LogP) is 0.688. The summed E-state index contributed by atoms with van der Waals surface area (Å²) in [7, 11) is -4.59. The highest BCUT2D eigenvalue weighted by Gasteiger charge is 2.14. The van der Waals surface area contributed by atoms with Gasteiger partial charge in [-0.1, -0.05) is 0 Å². The fraction of sp³-hybridized carbons (Fsp3) is 0.333. The van der Waals surface area contributed by atoms with E-state index in [0.717, 1.165) is 0 Å². The molecule has 0 saturated heterocycles. The second-order valence-electron chi connectivity index (χ2n) is 3.36. The fourth-order valence-electron chi connectivity index (χ4n) is 1.08. The van der Waals surface area contributed by atoms with Crippen molar-refractivity contribution in [2.45, 2.75) is 4.90 Å². The monoisotopic (exact) mass is 340 g/mol. The molecule has 1 aromatic rings. The molecule has 0 aliphatic carbocycles. The van der Waals surface area contributed by atoms with E-state index in [1.54, 1.807) is 0 Å². The van der Waals surface area contributed by atoms with Crippen molar-refractivity contribution in [1.29, 1.82) is 0 Å². The smallest absolute Gasteiger partial charge is 0.240 e. The van der Waals surface area contributed by atoms with E-state index in [-0.39, 0.29) is 17.2 Å². The summed E-state index contributed by atoms with van der Waals surface area (Å²) >= 11 is 3.16. The molecule has 0 aliphatic rings. The van der Waals surface area contributed by atoms with Crippen LogP contribution in [-0.4, -0.2) is 31.2 Å². The third-order valence-corrected chi connectivity index (χ3v) is 4.89. The van der Waals surface area contributed by atoms with Crippen LogP contribution in [0.15, 0.2) is 27.6 Å². The van der Waals surface area contributed by atoms with Gasteiger partial charge in [0.05, 0.1) is 4.90 Å². The molecule has 5 nitrogen and oxygen atoms in total. The quantitative estimate of drug-likeness (QED) is 0.771. The Morgan fingerprint density at radius 2 is 2.12 bits per heavy atom. The average Bonchev–Trinajstić information content (AvgIpc) is 2.21. The molecule has 17 heavy (non-hydrogen) atoms. The minimum atomic E-state index is -3.57. The van der Waals surface area contributed by atoms with Crippen LogP contribution in [0.4, 0.5) is 5.69 Å². The van der Waals surface area contributed by atoms with Crippen LogP contribution in [0.2, 0.25) is 0 Å². The van der Waals surface area contributed by atoms with Crippen LogP contribution in [0.3, 0.4) is 0 Å². The molecule has 0 bridgehead atoms. The highest BCUT2D eigenvalue weighted by Crippen LogP contribution is 2.22. The zero-order valence-electron chi connectivity index (χ0n) is 9.14. The maximum absolute atomic E-state index is 11.8. The average molecular weight is 341 g/mol. The number of benzene rings is 1. The Labute approximate surface area is 111 Å². The first kappa shape index (κ1) is 14.6. The molecule has 0 aromatic heterocycles. The van der Waals surface area contributed by atoms with Crippen molar-refractivity contribution in [1.82, 2.24) is 4.72 Å². The third kappa shape index (κ3) is 4.38. The van der Waals surface area contributed by atoms with Gasteiger partial charge in [0.2, 0.25) is 10.0 Å². The van der Waals surface area contributed by atoms with E-state index in [1.165, 1.54) is 24.5 Å². The molecule has 96 valence electrons. The number of nitrogens with one attached hydrogen (secondary N) is 1. The summed E-state index contributed by atoms with van der Waals surface area (Å²) in [4.78, 5) is 0.125. The summed E-state index contributed by atoms with van der Waals surface area (Å²) in [6, 6.07) is 4.36. The van der Waals surface area contributed by atoms with Gasteiger partial charge in [-0.25, -0.2) is 13.1 Å². The first-order valence-electron chi connectivity index (χ1n) is 4.67. The van der Waals surface area contributed by atoms with Gasteiger partial charge >= 0.3 is 0 Å². The largest absolute Gasteiger partial charge is 0.398 e. The standard InChI is InChI=1S/C9H13BrN2O3S2/c1-16(13)5-4-12-17(14,15)7-2-3-9(11)8(10)6-7/h2-3,6,12H,4-5,11H2,1H3. The molecule has 0 amide bonds. The normalized spacial score (nSPS) is 13.5. The van der Waals surface area contributed by atoms with Crippen molar-refractivity contribution < 1.29 is 12.6 Å². The molecule has 0 aliphatic heterocycles. The summed E-state index contributed by atoms with van der Waals surface area (Å²) in [6.07, 6.45) is 1.52. The predicted molar refractivity (Wildman–Crippen MR) is 72.7 cm³/mol. The molecule has 0 radical (unpaired) electrons. The number of nitrogens with two attached hydrogens (primary N) is 1. The Morgan fingerprint density at radius 1 is 1.47 bits per heavy atom. The molecular formula is C9H13BrN2O3S2. The van der Waals surface area contributed by atoms with Gasteiger partial charge in [-0.05, 0) is 34.1 Å². The summed E-state index contributed by atoms with van der Waals surface area (Å²) in [5, 5.41) is 0. The second kappa shape index (κ2) is 5.94. The van der Waals surface area contributed by atoms with E-state index in [0.29, 0.717) is 10.2 Å². The van der Waals surface area contributed by atoms with Gasteiger partial charge in [0, 0.05) is 39.5 Å². The van der Waals surface area contributed by atoms with E-state index in [9.17, 15) is 12.6 Å². The fourth-order valence-corrected chi connectivity index (χ4v) is 3.18. The van der Waals surface area contributed by atoms with Crippen molar-refractivity contribution in [2.75, 3.05) is 24.3 Å². The summed E-state index contributed by atoms with van der Waals surface area (Å²) in [5.74, 6) is 0.287. The van der Waals surface area contributed by atoms with Gasteiger partial charge in [0.15, 0.2) is 0 Å². The number of hydrogen-bond acceptors (Lipinski definition) is 4. The lowest BCUT2D eigenvalue weighted by Crippen LogP contribution is -2.27. The maximum atomic E-state index is 11.8. The molecule has 1 rings (SSSR count). The van der Waals surface area contributed by atoms with Crippen molar-refractivity contribution in [2.24, 2.45) is 0 Å². The van der Waals surface area contributed by atoms with E-state index >= 15 is 0 Å². The number of nitrogen functional groups attached to an aromatic ring is 1. The highest BCUT2D eigenvalue weighted by molar-refractivity contribution is 9.10. The topological polar surface area (TPSA) is 89.3 Å². The molecule has 1 atom stereocenters. The molecule has 8 heteroatoms. The third-order valence-electron chi connectivity index (χ3n) is 1.96. The van der Waals surface area contributed by atoms with E-state index in [2.05, 4.69) is 20.7 Å². The Balaban J connectivity index is 2.82. The maximum Gasteiger partial charge on any atom is 0.240 e. The van der Waals surface area contributed by atoms with Crippen LogP contribution in [-0.2, 0) is 20.8 Å². The van der Waals surface area contributed by atoms with Gasteiger partial charge in [0.1, 0.15) is 0 Å². The van der Waals surface area contributed by atoms with E-state index in [1.807, 2.05) is 0 Å². The molecule has 0 fully saturated rings. The zero-order valence-corrected chi connectivity index (χ0v) is 12.4. The molecule has 0 spiro atoms. The Morgan fingerprint density at radius 3 is 2.65 bits per heavy atom. The summed E-state index contributed by atoms with van der Waals surface area (Å²) in [5.41, 5.74) is 6.04. The molecular weight excluding hydrogens is 328 g/mol. The zero-order chi connectivity index (χ0) is 13.1. The Kier molecular flexibility index (Phi) is 5.11. The number of rotatable bonds is 5. The van der Waals surface area contributed by atoms with E-state index < -0.39 is 20.8 Å². The van der Waals surface area contributed by atoms with Crippen LogP contribution in [0.5, 0.6) is 0 Å². The molecule has 0 heterocycles. The van der Waals surface area contributed by atoms with Gasteiger partial charge in [0.25, 0.3) is 0 Å². The Hall–Kier alpha value is -0.440. The molecule has 3 N–H and O–H groups in total. The molecule has 1 aromatic carbocycles. The summed E-state index contributed by atoms with van der Waals surface area (Å²) in [6.45, 7) is 0.146. The van der Waals surface area contributed by atoms with E-state index in [4.69, 9.17) is 5.73 Å². The number of hydrogen-bond donors (Lipinski definition) is 2. The van der Waals surface area contributed by atoms with Crippen molar-refractivity contribution >= 4 is 42.4 Å². The van der Waals surface area contributed by atoms with Crippen molar-refractivity contribution in [3.8, 4) is 0 Å². The lowest BCUT2D eigenvalue weighted by atomic mass is 10.3. The van der Waals surface area contributed by atoms with Gasteiger partial charge in [-0.15, -0.1) is 0 Å². The van der Waals surface area contributed by atoms with Crippen LogP contribution >= 0.6 is 15.9 Å². The van der Waals surface area contributed by atoms with Crippen LogP contribution < -0.4 is 10.5 Å². The van der Waals surface area contributed by atoms with Gasteiger partial charge in [-0.2, -0.15) is 0 Å². The first-order valence-corrected chi connectivity index (χ1v) is 8.68. The first-order chi connectivity index (χ1) is 7.83. The van der Waals surface area contributed by atoms with Crippen LogP contribution in [0, 0.1) is 0 Å². The van der Waals surface area contributed by atoms with Gasteiger partial charge < -0.3 is 5.73 Å². The SMILES string of the molecule is CS(=O)CCNS(=O)(=O)c1ccc(N)c(Br)c1. The number of sulfonamides is 1. The highest BCUT2D eigenvalue weighted by atomic mass is 79.9. The number of anilines is 1. The van der Waals surface area contributed by atoms with Crippen LogP contribution in [0.1, 0.15) is 0 Å². The minimum Gasteiger partial charge on any atom is -0.398 e. The lowest BCUT2D eigenvalue weighted by molar-refractivity contribution is 0.584. The Bertz CT molecular complexity index is 531. The lowest BCUT2D eigenvalue weighted by Gasteiger charge is -2.07. The van der Waals surface area contributed by atoms with Crippen molar-refractivity contribution in [3.63, 3.8) is 0 Å². The van der Waals surface area contributed by atoms with Crippen LogP contribution in [0.25, 0.3) is 0 Å². The second-order valence-corrected chi connectivity index (χ2v) is 7.53. The van der Waals surface area contributed by atoms with Gasteiger partial charge in [-0.3, -0.25) is 4.21 Å². The molecule has 0 saturated carbocycles. The summed E-state index contributed by atoms with van der Waals surface area (Å²) < 4.78 is 37.3. The number of halogens is 1.